The highest BCUT2D eigenvalue weighted by Crippen LogP contribution is 2.21. The summed E-state index contributed by atoms with van der Waals surface area (Å²) in [4.78, 5) is 0. The first-order chi connectivity index (χ1) is 8.63. The van der Waals surface area contributed by atoms with E-state index in [1.165, 1.54) is 5.69 Å². The third-order valence-corrected chi connectivity index (χ3v) is 3.46. The van der Waals surface area contributed by atoms with Crippen molar-refractivity contribution in [2.45, 2.75) is 72.9 Å². The van der Waals surface area contributed by atoms with Crippen LogP contribution in [-0.2, 0) is 6.42 Å². The third kappa shape index (κ3) is 5.77. The number of nitrogens with zero attached hydrogens (tertiary/aromatic N) is 2. The Balaban J connectivity index is 2.60. The second-order valence-corrected chi connectivity index (χ2v) is 7.49. The molecule has 3 heteroatoms. The lowest BCUT2D eigenvalue weighted by Crippen LogP contribution is -2.42. The molecule has 0 bridgehead atoms. The summed E-state index contributed by atoms with van der Waals surface area (Å²) in [5.74, 6) is 0. The summed E-state index contributed by atoms with van der Waals surface area (Å²) in [6, 6.07) is 2.65. The van der Waals surface area contributed by atoms with E-state index in [-0.39, 0.29) is 11.0 Å². The molecule has 110 valence electrons. The standard InChI is InChI=1S/C16H31N3/c1-8-13(2)19-10-9-14(18-19)11-16(6,7)12-17-15(3,4)5/h9-10,13,17H,8,11-12H2,1-7H3. The van der Waals surface area contributed by atoms with Crippen LogP contribution in [0, 0.1) is 5.41 Å². The van der Waals surface area contributed by atoms with Gasteiger partial charge < -0.3 is 5.32 Å². The number of hydrogen-bond acceptors (Lipinski definition) is 2. The molecule has 0 aromatic carbocycles. The Morgan fingerprint density at radius 2 is 1.89 bits per heavy atom. The summed E-state index contributed by atoms with van der Waals surface area (Å²) in [6.07, 6.45) is 4.24. The van der Waals surface area contributed by atoms with Crippen LogP contribution in [0.4, 0.5) is 0 Å². The van der Waals surface area contributed by atoms with E-state index in [1.54, 1.807) is 0 Å². The van der Waals surface area contributed by atoms with E-state index in [9.17, 15) is 0 Å². The van der Waals surface area contributed by atoms with E-state index in [2.05, 4.69) is 70.7 Å². The Kier molecular flexibility index (Phi) is 5.19. The van der Waals surface area contributed by atoms with Gasteiger partial charge in [-0.05, 0) is 52.0 Å². The van der Waals surface area contributed by atoms with Crippen LogP contribution in [0.25, 0.3) is 0 Å². The molecule has 1 heterocycles. The Labute approximate surface area is 118 Å². The molecule has 0 spiro atoms. The first-order valence-corrected chi connectivity index (χ1v) is 7.42. The number of rotatable bonds is 6. The van der Waals surface area contributed by atoms with Crippen molar-refractivity contribution in [1.82, 2.24) is 15.1 Å². The molecule has 1 N–H and O–H groups in total. The predicted molar refractivity (Wildman–Crippen MR) is 82.5 cm³/mol. The maximum absolute atomic E-state index is 4.70. The largest absolute Gasteiger partial charge is 0.312 e. The van der Waals surface area contributed by atoms with Gasteiger partial charge in [0.2, 0.25) is 0 Å². The summed E-state index contributed by atoms with van der Waals surface area (Å²) in [5, 5.41) is 8.29. The minimum Gasteiger partial charge on any atom is -0.312 e. The topological polar surface area (TPSA) is 29.9 Å². The lowest BCUT2D eigenvalue weighted by Gasteiger charge is -2.30. The molecule has 1 aromatic rings. The minimum atomic E-state index is 0.174. The summed E-state index contributed by atoms with van der Waals surface area (Å²) >= 11 is 0. The Bertz CT molecular complexity index is 385. The van der Waals surface area contributed by atoms with Crippen LogP contribution in [0.15, 0.2) is 12.3 Å². The molecule has 0 aliphatic heterocycles. The summed E-state index contributed by atoms with van der Waals surface area (Å²) in [7, 11) is 0. The zero-order chi connectivity index (χ0) is 14.7. The minimum absolute atomic E-state index is 0.174. The van der Waals surface area contributed by atoms with Crippen LogP contribution < -0.4 is 5.32 Å². The van der Waals surface area contributed by atoms with Crippen LogP contribution in [-0.4, -0.2) is 21.9 Å². The molecule has 1 atom stereocenters. The molecule has 0 saturated carbocycles. The zero-order valence-corrected chi connectivity index (χ0v) is 13.7. The van der Waals surface area contributed by atoms with E-state index in [4.69, 9.17) is 5.10 Å². The lowest BCUT2D eigenvalue weighted by atomic mass is 9.87. The van der Waals surface area contributed by atoms with Gasteiger partial charge in [0.25, 0.3) is 0 Å². The average molecular weight is 265 g/mol. The second kappa shape index (κ2) is 6.08. The van der Waals surface area contributed by atoms with E-state index in [0.29, 0.717) is 6.04 Å². The molecule has 1 aromatic heterocycles. The van der Waals surface area contributed by atoms with Gasteiger partial charge in [0, 0.05) is 24.3 Å². The average Bonchev–Trinajstić information content (AvgIpc) is 2.72. The van der Waals surface area contributed by atoms with Gasteiger partial charge in [0.1, 0.15) is 0 Å². The van der Waals surface area contributed by atoms with Gasteiger partial charge in [-0.1, -0.05) is 20.8 Å². The Morgan fingerprint density at radius 1 is 1.26 bits per heavy atom. The van der Waals surface area contributed by atoms with Crippen molar-refractivity contribution in [3.8, 4) is 0 Å². The fourth-order valence-electron chi connectivity index (χ4n) is 1.96. The lowest BCUT2D eigenvalue weighted by molar-refractivity contribution is 0.285. The molecule has 0 fully saturated rings. The van der Waals surface area contributed by atoms with Gasteiger partial charge in [-0.25, -0.2) is 0 Å². The van der Waals surface area contributed by atoms with Gasteiger partial charge in [0.05, 0.1) is 5.69 Å². The fraction of sp³-hybridized carbons (Fsp3) is 0.812. The number of hydrogen-bond donors (Lipinski definition) is 1. The van der Waals surface area contributed by atoms with Crippen molar-refractivity contribution >= 4 is 0 Å². The Hall–Kier alpha value is -0.830. The van der Waals surface area contributed by atoms with Crippen LogP contribution in [0.3, 0.4) is 0 Å². The molecular weight excluding hydrogens is 234 g/mol. The van der Waals surface area contributed by atoms with Crippen molar-refractivity contribution in [2.75, 3.05) is 6.54 Å². The van der Waals surface area contributed by atoms with Crippen molar-refractivity contribution in [1.29, 1.82) is 0 Å². The first-order valence-electron chi connectivity index (χ1n) is 7.42. The molecule has 0 saturated heterocycles. The van der Waals surface area contributed by atoms with Gasteiger partial charge >= 0.3 is 0 Å². The fourth-order valence-corrected chi connectivity index (χ4v) is 1.96. The van der Waals surface area contributed by atoms with Gasteiger partial charge in [-0.15, -0.1) is 0 Å². The van der Waals surface area contributed by atoms with Crippen molar-refractivity contribution in [3.63, 3.8) is 0 Å². The van der Waals surface area contributed by atoms with E-state index >= 15 is 0 Å². The molecular formula is C16H31N3. The molecule has 1 unspecified atom stereocenters. The third-order valence-electron chi connectivity index (χ3n) is 3.46. The van der Waals surface area contributed by atoms with Crippen molar-refractivity contribution < 1.29 is 0 Å². The van der Waals surface area contributed by atoms with Crippen molar-refractivity contribution in [3.05, 3.63) is 18.0 Å². The monoisotopic (exact) mass is 265 g/mol. The quantitative estimate of drug-likeness (QED) is 0.847. The van der Waals surface area contributed by atoms with Crippen molar-refractivity contribution in [2.24, 2.45) is 5.41 Å². The second-order valence-electron chi connectivity index (χ2n) is 7.49. The molecule has 3 nitrogen and oxygen atoms in total. The molecule has 0 aliphatic carbocycles. The number of nitrogens with one attached hydrogen (secondary N) is 1. The molecule has 0 amide bonds. The maximum atomic E-state index is 4.70. The van der Waals surface area contributed by atoms with E-state index in [1.807, 2.05) is 0 Å². The van der Waals surface area contributed by atoms with E-state index < -0.39 is 0 Å². The molecule has 0 aliphatic rings. The molecule has 0 radical (unpaired) electrons. The normalized spacial score (nSPS) is 14.7. The Morgan fingerprint density at radius 3 is 2.42 bits per heavy atom. The highest BCUT2D eigenvalue weighted by Gasteiger charge is 2.22. The summed E-state index contributed by atoms with van der Waals surface area (Å²) < 4.78 is 2.09. The summed E-state index contributed by atoms with van der Waals surface area (Å²) in [6.45, 7) is 16.6. The van der Waals surface area contributed by atoms with Crippen LogP contribution in [0.5, 0.6) is 0 Å². The smallest absolute Gasteiger partial charge is 0.0630 e. The summed E-state index contributed by atoms with van der Waals surface area (Å²) in [5.41, 5.74) is 1.59. The van der Waals surface area contributed by atoms with Crippen LogP contribution >= 0.6 is 0 Å². The SMILES string of the molecule is CCC(C)n1ccc(CC(C)(C)CNC(C)(C)C)n1. The zero-order valence-electron chi connectivity index (χ0n) is 13.7. The predicted octanol–water partition coefficient (Wildman–Crippen LogP) is 3.81. The van der Waals surface area contributed by atoms with Crippen LogP contribution in [0.1, 0.15) is 66.6 Å². The van der Waals surface area contributed by atoms with Gasteiger partial charge in [-0.2, -0.15) is 5.10 Å². The van der Waals surface area contributed by atoms with Gasteiger partial charge in [-0.3, -0.25) is 4.68 Å². The van der Waals surface area contributed by atoms with E-state index in [0.717, 1.165) is 19.4 Å². The molecule has 19 heavy (non-hydrogen) atoms. The first kappa shape index (κ1) is 16.2. The maximum Gasteiger partial charge on any atom is 0.0630 e. The molecule has 1 rings (SSSR count). The highest BCUT2D eigenvalue weighted by atomic mass is 15.3. The van der Waals surface area contributed by atoms with Gasteiger partial charge in [0.15, 0.2) is 0 Å². The number of aromatic nitrogens is 2. The van der Waals surface area contributed by atoms with Crippen LogP contribution in [0.2, 0.25) is 0 Å². The highest BCUT2D eigenvalue weighted by molar-refractivity contribution is 5.03.